The molecule has 142 valence electrons. The quantitative estimate of drug-likeness (QED) is 0.345. The summed E-state index contributed by atoms with van der Waals surface area (Å²) in [7, 11) is 1.58. The lowest BCUT2D eigenvalue weighted by atomic mass is 10.2. The largest absolute Gasteiger partial charge is 0.497 e. The highest BCUT2D eigenvalue weighted by Gasteiger charge is 2.24. The summed E-state index contributed by atoms with van der Waals surface area (Å²) in [6, 6.07) is 11.2. The Morgan fingerprint density at radius 1 is 1.25 bits per heavy atom. The number of thioether (sulfide) groups is 1. The van der Waals surface area contributed by atoms with E-state index in [2.05, 4.69) is 15.5 Å². The summed E-state index contributed by atoms with van der Waals surface area (Å²) >= 11 is 7.13. The Hall–Kier alpha value is -3.17. The third-order valence-corrected chi connectivity index (χ3v) is 4.84. The van der Waals surface area contributed by atoms with Crippen LogP contribution < -0.4 is 10.1 Å². The van der Waals surface area contributed by atoms with Crippen molar-refractivity contribution in [3.8, 4) is 5.75 Å². The van der Waals surface area contributed by atoms with Crippen LogP contribution in [0, 0.1) is 10.1 Å². The highest BCUT2D eigenvalue weighted by atomic mass is 35.5. The number of amides is 1. The Balaban J connectivity index is 1.75. The fourth-order valence-electron chi connectivity index (χ4n) is 2.21. The number of halogens is 1. The third-order valence-electron chi connectivity index (χ3n) is 3.60. The van der Waals surface area contributed by atoms with Crippen molar-refractivity contribution in [3.63, 3.8) is 0 Å². The number of hydrogen-bond donors (Lipinski definition) is 1. The van der Waals surface area contributed by atoms with E-state index >= 15 is 0 Å². The maximum absolute atomic E-state index is 12.1. The van der Waals surface area contributed by atoms with Crippen LogP contribution in [0.3, 0.4) is 0 Å². The molecule has 1 heterocycles. The lowest BCUT2D eigenvalue weighted by Crippen LogP contribution is -2.19. The fourth-order valence-corrected chi connectivity index (χ4v) is 3.15. The van der Waals surface area contributed by atoms with E-state index in [1.807, 2.05) is 12.1 Å². The molecule has 3 rings (SSSR count). The zero-order valence-corrected chi connectivity index (χ0v) is 16.0. The topological polar surface area (TPSA) is 106 Å². The molecule has 1 saturated heterocycles. The van der Waals surface area contributed by atoms with Crippen molar-refractivity contribution in [3.05, 3.63) is 73.6 Å². The van der Waals surface area contributed by atoms with Crippen LogP contribution in [0.2, 0.25) is 5.02 Å². The average molecular weight is 417 g/mol. The van der Waals surface area contributed by atoms with E-state index in [4.69, 9.17) is 16.3 Å². The van der Waals surface area contributed by atoms with Gasteiger partial charge in [-0.3, -0.25) is 20.2 Å². The number of hydrogen-bond acceptors (Lipinski definition) is 7. The number of benzene rings is 2. The number of carbonyl (C=O) groups is 1. The predicted molar refractivity (Wildman–Crippen MR) is 110 cm³/mol. The number of methoxy groups -OCH3 is 1. The molecular weight excluding hydrogens is 404 g/mol. The first-order valence-electron chi connectivity index (χ1n) is 7.86. The highest BCUT2D eigenvalue weighted by molar-refractivity contribution is 8.18. The normalized spacial score (nSPS) is 16.7. The molecule has 10 heteroatoms. The van der Waals surface area contributed by atoms with Crippen LogP contribution in [0.1, 0.15) is 11.1 Å². The van der Waals surface area contributed by atoms with Crippen molar-refractivity contribution in [2.45, 2.75) is 0 Å². The Bertz CT molecular complexity index is 1020. The Labute approximate surface area is 169 Å². The summed E-state index contributed by atoms with van der Waals surface area (Å²) < 4.78 is 5.08. The van der Waals surface area contributed by atoms with Gasteiger partial charge in [-0.1, -0.05) is 11.6 Å². The zero-order chi connectivity index (χ0) is 20.1. The molecule has 1 amide bonds. The van der Waals surface area contributed by atoms with Gasteiger partial charge in [0.1, 0.15) is 5.75 Å². The monoisotopic (exact) mass is 416 g/mol. The second-order valence-corrected chi connectivity index (χ2v) is 6.89. The van der Waals surface area contributed by atoms with Gasteiger partial charge in [-0.15, -0.1) is 5.10 Å². The van der Waals surface area contributed by atoms with Crippen LogP contribution in [-0.2, 0) is 4.79 Å². The van der Waals surface area contributed by atoms with E-state index in [0.717, 1.165) is 23.1 Å². The molecule has 0 unspecified atom stereocenters. The number of nitrogens with one attached hydrogen (secondary N) is 1. The highest BCUT2D eigenvalue weighted by Crippen LogP contribution is 2.30. The molecule has 28 heavy (non-hydrogen) atoms. The van der Waals surface area contributed by atoms with Crippen molar-refractivity contribution < 1.29 is 14.5 Å². The Kier molecular flexibility index (Phi) is 6.07. The molecule has 2 aromatic rings. The molecule has 0 atom stereocenters. The first-order chi connectivity index (χ1) is 13.5. The second-order valence-electron chi connectivity index (χ2n) is 5.45. The minimum atomic E-state index is -0.527. The Morgan fingerprint density at radius 3 is 2.68 bits per heavy atom. The summed E-state index contributed by atoms with van der Waals surface area (Å²) in [5.74, 6) is 0.350. The third kappa shape index (κ3) is 4.76. The van der Waals surface area contributed by atoms with E-state index in [1.54, 1.807) is 19.2 Å². The molecule has 1 fully saturated rings. The van der Waals surface area contributed by atoms with Gasteiger partial charge in [0.05, 0.1) is 23.2 Å². The molecule has 1 N–H and O–H groups in total. The molecular formula is C18H13ClN4O4S. The first-order valence-corrected chi connectivity index (χ1v) is 9.05. The van der Waals surface area contributed by atoms with E-state index in [9.17, 15) is 14.9 Å². The summed E-state index contributed by atoms with van der Waals surface area (Å²) in [5, 5.41) is 22.0. The average Bonchev–Trinajstić information content (AvgIpc) is 3.03. The summed E-state index contributed by atoms with van der Waals surface area (Å²) in [6.45, 7) is 0. The molecule has 0 saturated carbocycles. The molecule has 8 nitrogen and oxygen atoms in total. The van der Waals surface area contributed by atoms with Crippen LogP contribution in [0.5, 0.6) is 5.75 Å². The number of nitro groups is 1. The van der Waals surface area contributed by atoms with Gasteiger partial charge in [0.2, 0.25) is 0 Å². The number of nitrogens with zero attached hydrogens (tertiary/aromatic N) is 3. The SMILES string of the molecule is COc1ccc(/C=N\N=C2/NC(=O)/C(=C\c3cc([N+](=O)[O-])ccc3Cl)S2)cc1. The zero-order valence-electron chi connectivity index (χ0n) is 14.5. The van der Waals surface area contributed by atoms with Gasteiger partial charge in [-0.05, 0) is 53.7 Å². The van der Waals surface area contributed by atoms with E-state index in [1.165, 1.54) is 30.5 Å². The van der Waals surface area contributed by atoms with Gasteiger partial charge >= 0.3 is 0 Å². The molecule has 0 spiro atoms. The van der Waals surface area contributed by atoms with Crippen molar-refractivity contribution in [2.75, 3.05) is 7.11 Å². The van der Waals surface area contributed by atoms with Gasteiger partial charge in [-0.2, -0.15) is 5.10 Å². The molecule has 0 bridgehead atoms. The number of ether oxygens (including phenoxy) is 1. The molecule has 1 aliphatic rings. The minimum Gasteiger partial charge on any atom is -0.497 e. The van der Waals surface area contributed by atoms with Crippen LogP contribution in [-0.4, -0.2) is 29.3 Å². The standard InChI is InChI=1S/C18H13ClN4O4S/c1-27-14-5-2-11(3-6-14)10-20-22-18-21-17(24)16(28-18)9-12-8-13(23(25)26)4-7-15(12)19/h2-10H,1H3,(H,21,22,24)/b16-9+,20-10-. The van der Waals surface area contributed by atoms with Crippen molar-refractivity contribution in [1.29, 1.82) is 0 Å². The number of carbonyl (C=O) groups excluding carboxylic acids is 1. The maximum Gasteiger partial charge on any atom is 0.270 e. The smallest absolute Gasteiger partial charge is 0.270 e. The van der Waals surface area contributed by atoms with Gasteiger partial charge in [0.15, 0.2) is 5.17 Å². The van der Waals surface area contributed by atoms with Crippen molar-refractivity contribution in [2.24, 2.45) is 10.2 Å². The molecule has 1 aliphatic heterocycles. The number of nitro benzene ring substituents is 1. The van der Waals surface area contributed by atoms with Crippen LogP contribution >= 0.6 is 23.4 Å². The van der Waals surface area contributed by atoms with Gasteiger partial charge in [0.25, 0.3) is 11.6 Å². The van der Waals surface area contributed by atoms with E-state index in [-0.39, 0.29) is 11.6 Å². The maximum atomic E-state index is 12.1. The lowest BCUT2D eigenvalue weighted by molar-refractivity contribution is -0.384. The van der Waals surface area contributed by atoms with Crippen molar-refractivity contribution >= 4 is 52.4 Å². The molecule has 2 aromatic carbocycles. The Morgan fingerprint density at radius 2 is 2.00 bits per heavy atom. The number of non-ortho nitro benzene ring substituents is 1. The van der Waals surface area contributed by atoms with Gasteiger partial charge in [0, 0.05) is 22.7 Å². The van der Waals surface area contributed by atoms with E-state index < -0.39 is 4.92 Å². The van der Waals surface area contributed by atoms with Gasteiger partial charge in [-0.25, -0.2) is 0 Å². The molecule has 0 radical (unpaired) electrons. The first kappa shape index (κ1) is 19.6. The number of rotatable bonds is 5. The molecule has 0 aliphatic carbocycles. The minimum absolute atomic E-state index is 0.113. The summed E-state index contributed by atoms with van der Waals surface area (Å²) in [4.78, 5) is 22.8. The van der Waals surface area contributed by atoms with Crippen LogP contribution in [0.25, 0.3) is 6.08 Å². The van der Waals surface area contributed by atoms with Crippen molar-refractivity contribution in [1.82, 2.24) is 5.32 Å². The predicted octanol–water partition coefficient (Wildman–Crippen LogP) is 3.85. The van der Waals surface area contributed by atoms with Crippen LogP contribution in [0.4, 0.5) is 5.69 Å². The summed E-state index contributed by atoms with van der Waals surface area (Å²) in [5.41, 5.74) is 1.08. The fraction of sp³-hybridized carbons (Fsp3) is 0.0556. The number of amidine groups is 1. The van der Waals surface area contributed by atoms with E-state index in [0.29, 0.717) is 20.7 Å². The van der Waals surface area contributed by atoms with Gasteiger partial charge < -0.3 is 4.74 Å². The second kappa shape index (κ2) is 8.68. The van der Waals surface area contributed by atoms with Crippen LogP contribution in [0.15, 0.2) is 57.6 Å². The lowest BCUT2D eigenvalue weighted by Gasteiger charge is -1.99. The molecule has 0 aromatic heterocycles. The summed E-state index contributed by atoms with van der Waals surface area (Å²) in [6.07, 6.45) is 3.02.